The highest BCUT2D eigenvalue weighted by Crippen LogP contribution is 2.38. The molecule has 3 aromatic rings. The predicted molar refractivity (Wildman–Crippen MR) is 138 cm³/mol. The molecule has 0 bridgehead atoms. The Kier molecular flexibility index (Phi) is 7.26. The summed E-state index contributed by atoms with van der Waals surface area (Å²) in [7, 11) is -3.81. The maximum absolute atomic E-state index is 13.8. The van der Waals surface area contributed by atoms with Gasteiger partial charge in [0.05, 0.1) is 17.5 Å². The Balaban J connectivity index is 1.68. The van der Waals surface area contributed by atoms with Crippen molar-refractivity contribution in [2.75, 3.05) is 13.1 Å². The number of fused-ring (bicyclic) bond motifs is 1. The van der Waals surface area contributed by atoms with Crippen molar-refractivity contribution < 1.29 is 13.2 Å². The average molecular weight is 497 g/mol. The zero-order valence-corrected chi connectivity index (χ0v) is 21.8. The van der Waals surface area contributed by atoms with Crippen LogP contribution in [0.2, 0.25) is 0 Å². The van der Waals surface area contributed by atoms with Crippen molar-refractivity contribution >= 4 is 27.3 Å². The fourth-order valence-corrected chi connectivity index (χ4v) is 7.00. The van der Waals surface area contributed by atoms with Crippen molar-refractivity contribution in [3.63, 3.8) is 0 Å². The van der Waals surface area contributed by atoms with Gasteiger partial charge in [0.25, 0.3) is 0 Å². The Morgan fingerprint density at radius 2 is 1.68 bits per heavy atom. The largest absolute Gasteiger partial charge is 0.330 e. The summed E-state index contributed by atoms with van der Waals surface area (Å²) in [6.45, 7) is 8.18. The zero-order valence-electron chi connectivity index (χ0n) is 20.2. The molecule has 2 unspecified atom stereocenters. The van der Waals surface area contributed by atoms with Crippen LogP contribution in [0, 0.1) is 13.8 Å². The van der Waals surface area contributed by atoms with Gasteiger partial charge in [-0.3, -0.25) is 4.79 Å². The van der Waals surface area contributed by atoms with Gasteiger partial charge in [0.15, 0.2) is 0 Å². The van der Waals surface area contributed by atoms with Gasteiger partial charge in [-0.25, -0.2) is 8.42 Å². The van der Waals surface area contributed by atoms with E-state index < -0.39 is 10.0 Å². The summed E-state index contributed by atoms with van der Waals surface area (Å²) in [6.07, 6.45) is 1.41. The van der Waals surface area contributed by atoms with Crippen molar-refractivity contribution in [3.05, 3.63) is 87.1 Å². The first-order valence-corrected chi connectivity index (χ1v) is 14.0. The lowest BCUT2D eigenvalue weighted by molar-refractivity contribution is -0.133. The third kappa shape index (κ3) is 4.83. The molecule has 1 aliphatic rings. The number of nitrogens with zero attached hydrogens (tertiary/aromatic N) is 2. The smallest absolute Gasteiger partial charge is 0.243 e. The molecule has 4 rings (SSSR count). The molecular weight excluding hydrogens is 464 g/mol. The van der Waals surface area contributed by atoms with Crippen LogP contribution < -0.4 is 0 Å². The van der Waals surface area contributed by atoms with E-state index in [4.69, 9.17) is 0 Å². The Morgan fingerprint density at radius 3 is 2.29 bits per heavy atom. The lowest BCUT2D eigenvalue weighted by Gasteiger charge is -2.38. The number of sulfonamides is 1. The van der Waals surface area contributed by atoms with E-state index in [2.05, 4.69) is 35.7 Å². The molecule has 34 heavy (non-hydrogen) atoms. The molecule has 1 aliphatic heterocycles. The van der Waals surface area contributed by atoms with E-state index in [1.54, 1.807) is 35.6 Å². The van der Waals surface area contributed by atoms with Crippen molar-refractivity contribution in [2.24, 2.45) is 0 Å². The molecule has 0 N–H and O–H groups in total. The molecule has 1 aromatic heterocycles. The monoisotopic (exact) mass is 496 g/mol. The van der Waals surface area contributed by atoms with Crippen LogP contribution >= 0.6 is 11.3 Å². The van der Waals surface area contributed by atoms with Gasteiger partial charge in [-0.05, 0) is 68.3 Å². The standard InChI is InChI=1S/C27H32N2O3S2/c1-5-21(4)29(34(31,32)23-12-8-20(3)9-13-23)18-26(30)28-16-14-25-24(15-17-33-25)27(28)22-10-6-19(2)7-11-22/h6-13,15,17,21,27H,5,14,16,18H2,1-4H3. The van der Waals surface area contributed by atoms with Crippen LogP contribution in [0.15, 0.2) is 64.9 Å². The van der Waals surface area contributed by atoms with Gasteiger partial charge in [0.2, 0.25) is 15.9 Å². The summed E-state index contributed by atoms with van der Waals surface area (Å²) in [6, 6.07) is 16.7. The minimum Gasteiger partial charge on any atom is -0.330 e. The fraction of sp³-hybridized carbons (Fsp3) is 0.370. The molecule has 0 saturated heterocycles. The molecule has 1 amide bonds. The molecule has 0 fully saturated rings. The molecular formula is C27H32N2O3S2. The van der Waals surface area contributed by atoms with Gasteiger partial charge in [-0.15, -0.1) is 11.3 Å². The number of hydrogen-bond donors (Lipinski definition) is 0. The Bertz CT molecular complexity index is 1250. The SMILES string of the molecule is CCC(C)N(CC(=O)N1CCc2sccc2C1c1ccc(C)cc1)S(=O)(=O)c1ccc(C)cc1. The number of thiophene rings is 1. The summed E-state index contributed by atoms with van der Waals surface area (Å²) in [5.41, 5.74) is 4.35. The van der Waals surface area contributed by atoms with Crippen molar-refractivity contribution in [1.29, 1.82) is 0 Å². The number of amides is 1. The van der Waals surface area contributed by atoms with Gasteiger partial charge in [-0.2, -0.15) is 4.31 Å². The molecule has 0 spiro atoms. The van der Waals surface area contributed by atoms with E-state index >= 15 is 0 Å². The highest BCUT2D eigenvalue weighted by Gasteiger charge is 2.36. The van der Waals surface area contributed by atoms with Crippen LogP contribution in [0.3, 0.4) is 0 Å². The van der Waals surface area contributed by atoms with E-state index in [-0.39, 0.29) is 29.4 Å². The van der Waals surface area contributed by atoms with Crippen LogP contribution in [-0.2, 0) is 21.2 Å². The summed E-state index contributed by atoms with van der Waals surface area (Å²) in [4.78, 5) is 17.1. The second kappa shape index (κ2) is 10.0. The van der Waals surface area contributed by atoms with E-state index in [0.717, 1.165) is 28.7 Å². The highest BCUT2D eigenvalue weighted by atomic mass is 32.2. The molecule has 0 aliphatic carbocycles. The summed E-state index contributed by atoms with van der Waals surface area (Å²) < 4.78 is 28.5. The highest BCUT2D eigenvalue weighted by molar-refractivity contribution is 7.89. The van der Waals surface area contributed by atoms with Gasteiger partial charge in [-0.1, -0.05) is 54.4 Å². The van der Waals surface area contributed by atoms with Gasteiger partial charge in [0.1, 0.15) is 0 Å². The van der Waals surface area contributed by atoms with Crippen LogP contribution in [-0.4, -0.2) is 42.7 Å². The number of rotatable bonds is 7. The van der Waals surface area contributed by atoms with Crippen LogP contribution in [0.4, 0.5) is 0 Å². The Morgan fingerprint density at radius 1 is 1.06 bits per heavy atom. The lowest BCUT2D eigenvalue weighted by Crippen LogP contribution is -2.49. The molecule has 0 radical (unpaired) electrons. The first-order valence-electron chi connectivity index (χ1n) is 11.7. The lowest BCUT2D eigenvalue weighted by atomic mass is 9.92. The van der Waals surface area contributed by atoms with Gasteiger partial charge >= 0.3 is 0 Å². The first-order chi connectivity index (χ1) is 16.2. The van der Waals surface area contributed by atoms with Crippen LogP contribution in [0.1, 0.15) is 53.4 Å². The minimum atomic E-state index is -3.81. The molecule has 5 nitrogen and oxygen atoms in total. The summed E-state index contributed by atoms with van der Waals surface area (Å²) >= 11 is 1.72. The molecule has 180 valence electrons. The number of aryl methyl sites for hydroxylation is 2. The summed E-state index contributed by atoms with van der Waals surface area (Å²) in [5, 5.41) is 2.08. The van der Waals surface area contributed by atoms with Crippen molar-refractivity contribution in [2.45, 2.75) is 57.5 Å². The normalized spacial score (nSPS) is 17.0. The van der Waals surface area contributed by atoms with E-state index in [0.29, 0.717) is 13.0 Å². The number of carbonyl (C=O) groups excluding carboxylic acids is 1. The molecule has 2 aromatic carbocycles. The maximum Gasteiger partial charge on any atom is 0.243 e. The number of carbonyl (C=O) groups is 1. The van der Waals surface area contributed by atoms with Crippen molar-refractivity contribution in [3.8, 4) is 0 Å². The second-order valence-electron chi connectivity index (χ2n) is 9.07. The van der Waals surface area contributed by atoms with E-state index in [1.165, 1.54) is 9.18 Å². The van der Waals surface area contributed by atoms with Crippen molar-refractivity contribution in [1.82, 2.24) is 9.21 Å². The number of benzene rings is 2. The molecule has 2 heterocycles. The quantitative estimate of drug-likeness (QED) is 0.444. The number of hydrogen-bond acceptors (Lipinski definition) is 4. The topological polar surface area (TPSA) is 57.7 Å². The molecule has 0 saturated carbocycles. The van der Waals surface area contributed by atoms with E-state index in [1.807, 2.05) is 32.6 Å². The average Bonchev–Trinajstić information content (AvgIpc) is 3.31. The maximum atomic E-state index is 13.8. The van der Waals surface area contributed by atoms with Crippen LogP contribution in [0.5, 0.6) is 0 Å². The zero-order chi connectivity index (χ0) is 24.5. The molecule has 7 heteroatoms. The third-order valence-electron chi connectivity index (χ3n) is 6.68. The molecule has 2 atom stereocenters. The van der Waals surface area contributed by atoms with Gasteiger partial charge < -0.3 is 4.90 Å². The van der Waals surface area contributed by atoms with E-state index in [9.17, 15) is 13.2 Å². The first kappa shape index (κ1) is 24.6. The Labute approximate surface area is 207 Å². The van der Waals surface area contributed by atoms with Gasteiger partial charge in [0, 0.05) is 17.5 Å². The second-order valence-corrected chi connectivity index (χ2v) is 12.0. The minimum absolute atomic E-state index is 0.168. The Hall–Kier alpha value is -2.48. The fourth-order valence-electron chi connectivity index (χ4n) is 4.44. The predicted octanol–water partition coefficient (Wildman–Crippen LogP) is 5.33. The third-order valence-corrected chi connectivity index (χ3v) is 9.65. The summed E-state index contributed by atoms with van der Waals surface area (Å²) in [5.74, 6) is -0.168. The van der Waals surface area contributed by atoms with Crippen LogP contribution in [0.25, 0.3) is 0 Å².